The molecule has 7 nitrogen and oxygen atoms in total. The van der Waals surface area contributed by atoms with Gasteiger partial charge in [-0.3, -0.25) is 5.10 Å². The lowest BCUT2D eigenvalue weighted by atomic mass is 10.2. The lowest BCUT2D eigenvalue weighted by molar-refractivity contribution is -0.137. The molecule has 0 atom stereocenters. The molecule has 0 unspecified atom stereocenters. The van der Waals surface area contributed by atoms with E-state index in [1.807, 2.05) is 13.8 Å². The molecule has 2 heterocycles. The van der Waals surface area contributed by atoms with Crippen LogP contribution >= 0.6 is 0 Å². The van der Waals surface area contributed by atoms with E-state index in [0.717, 1.165) is 17.8 Å². The van der Waals surface area contributed by atoms with Crippen molar-refractivity contribution in [1.29, 1.82) is 0 Å². The SMILES string of the molecule is CC(C)Nc1cn[nH]c1-c1nc(-c2ccc(Oc3ccc(C(F)(F)F)cc3)cc2)no1. The summed E-state index contributed by atoms with van der Waals surface area (Å²) in [6, 6.07) is 11.5. The molecule has 2 N–H and O–H groups in total. The van der Waals surface area contributed by atoms with Crippen LogP contribution < -0.4 is 10.1 Å². The van der Waals surface area contributed by atoms with E-state index in [0.29, 0.717) is 34.5 Å². The summed E-state index contributed by atoms with van der Waals surface area (Å²) in [6.07, 6.45) is -2.74. The molecule has 160 valence electrons. The van der Waals surface area contributed by atoms with Gasteiger partial charge in [0.05, 0.1) is 17.4 Å². The number of hydrogen-bond donors (Lipinski definition) is 2. The largest absolute Gasteiger partial charge is 0.457 e. The van der Waals surface area contributed by atoms with Gasteiger partial charge < -0.3 is 14.6 Å². The van der Waals surface area contributed by atoms with Crippen molar-refractivity contribution < 1.29 is 22.4 Å². The Kier molecular flexibility index (Phi) is 5.37. The van der Waals surface area contributed by atoms with Gasteiger partial charge >= 0.3 is 6.18 Å². The van der Waals surface area contributed by atoms with E-state index in [1.54, 1.807) is 30.5 Å². The van der Waals surface area contributed by atoms with Crippen molar-refractivity contribution in [3.8, 4) is 34.5 Å². The van der Waals surface area contributed by atoms with Crippen molar-refractivity contribution in [3.05, 3.63) is 60.3 Å². The van der Waals surface area contributed by atoms with Crippen LogP contribution in [-0.4, -0.2) is 26.4 Å². The Morgan fingerprint density at radius 1 is 1.00 bits per heavy atom. The number of alkyl halides is 3. The first-order chi connectivity index (χ1) is 14.8. The highest BCUT2D eigenvalue weighted by atomic mass is 19.4. The van der Waals surface area contributed by atoms with E-state index in [2.05, 4.69) is 25.7 Å². The van der Waals surface area contributed by atoms with Gasteiger partial charge in [-0.25, -0.2) is 0 Å². The zero-order chi connectivity index (χ0) is 22.0. The molecule has 2 aromatic carbocycles. The molecule has 0 aliphatic rings. The highest BCUT2D eigenvalue weighted by Crippen LogP contribution is 2.32. The summed E-state index contributed by atoms with van der Waals surface area (Å²) >= 11 is 0. The summed E-state index contributed by atoms with van der Waals surface area (Å²) in [6.45, 7) is 4.01. The summed E-state index contributed by atoms with van der Waals surface area (Å²) in [7, 11) is 0. The average molecular weight is 429 g/mol. The molecule has 0 radical (unpaired) electrons. The molecule has 0 bridgehead atoms. The number of nitrogens with one attached hydrogen (secondary N) is 2. The van der Waals surface area contributed by atoms with Crippen LogP contribution in [0.25, 0.3) is 23.0 Å². The number of halogens is 3. The zero-order valence-corrected chi connectivity index (χ0v) is 16.6. The molecule has 0 aliphatic carbocycles. The summed E-state index contributed by atoms with van der Waals surface area (Å²) < 4.78 is 48.9. The number of aromatic nitrogens is 4. The number of rotatable bonds is 6. The fourth-order valence-corrected chi connectivity index (χ4v) is 2.83. The van der Waals surface area contributed by atoms with E-state index in [4.69, 9.17) is 9.26 Å². The second kappa shape index (κ2) is 8.13. The van der Waals surface area contributed by atoms with Gasteiger partial charge in [-0.2, -0.15) is 23.3 Å². The lowest BCUT2D eigenvalue weighted by Gasteiger charge is -2.09. The van der Waals surface area contributed by atoms with Crippen LogP contribution in [0.1, 0.15) is 19.4 Å². The Hall–Kier alpha value is -3.82. The van der Waals surface area contributed by atoms with Gasteiger partial charge in [0.25, 0.3) is 5.89 Å². The number of nitrogens with zero attached hydrogens (tertiary/aromatic N) is 3. The van der Waals surface area contributed by atoms with Crippen molar-refractivity contribution in [1.82, 2.24) is 20.3 Å². The number of hydrogen-bond acceptors (Lipinski definition) is 6. The smallest absolute Gasteiger partial charge is 0.416 e. The maximum Gasteiger partial charge on any atom is 0.416 e. The predicted octanol–water partition coefficient (Wildman–Crippen LogP) is 5.76. The molecule has 10 heteroatoms. The minimum absolute atomic E-state index is 0.205. The van der Waals surface area contributed by atoms with Gasteiger partial charge in [-0.1, -0.05) is 5.16 Å². The van der Waals surface area contributed by atoms with Crippen molar-refractivity contribution >= 4 is 5.69 Å². The van der Waals surface area contributed by atoms with Crippen LogP contribution in [0.4, 0.5) is 18.9 Å². The van der Waals surface area contributed by atoms with Crippen molar-refractivity contribution in [2.45, 2.75) is 26.1 Å². The molecular formula is C21H18F3N5O2. The van der Waals surface area contributed by atoms with Crippen LogP contribution in [0.5, 0.6) is 11.5 Å². The molecule has 4 aromatic rings. The van der Waals surface area contributed by atoms with Gasteiger partial charge in [0, 0.05) is 11.6 Å². The van der Waals surface area contributed by atoms with Crippen LogP contribution in [-0.2, 0) is 6.18 Å². The fraction of sp³-hybridized carbons (Fsp3) is 0.190. The van der Waals surface area contributed by atoms with Gasteiger partial charge in [0.1, 0.15) is 17.2 Å². The van der Waals surface area contributed by atoms with Crippen LogP contribution in [0.3, 0.4) is 0 Å². The third-order valence-electron chi connectivity index (χ3n) is 4.25. The Labute approximate surface area is 175 Å². The first kappa shape index (κ1) is 20.5. The summed E-state index contributed by atoms with van der Waals surface area (Å²) in [5.41, 5.74) is 1.31. The Bertz CT molecular complexity index is 1150. The van der Waals surface area contributed by atoms with E-state index in [1.165, 1.54) is 12.1 Å². The van der Waals surface area contributed by atoms with Gasteiger partial charge in [-0.15, -0.1) is 0 Å². The minimum atomic E-state index is -4.38. The van der Waals surface area contributed by atoms with Crippen molar-refractivity contribution in [3.63, 3.8) is 0 Å². The fourth-order valence-electron chi connectivity index (χ4n) is 2.83. The molecule has 31 heavy (non-hydrogen) atoms. The molecule has 0 saturated heterocycles. The maximum atomic E-state index is 12.7. The summed E-state index contributed by atoms with van der Waals surface area (Å²) in [5.74, 6) is 1.43. The number of anilines is 1. The number of aromatic amines is 1. The van der Waals surface area contributed by atoms with Crippen LogP contribution in [0.15, 0.2) is 59.3 Å². The number of benzene rings is 2. The first-order valence-electron chi connectivity index (χ1n) is 9.39. The van der Waals surface area contributed by atoms with Gasteiger partial charge in [0.2, 0.25) is 5.82 Å². The summed E-state index contributed by atoms with van der Waals surface area (Å²) in [4.78, 5) is 4.40. The third kappa shape index (κ3) is 4.68. The molecule has 0 fully saturated rings. The first-order valence-corrected chi connectivity index (χ1v) is 9.39. The quantitative estimate of drug-likeness (QED) is 0.405. The monoisotopic (exact) mass is 429 g/mol. The second-order valence-electron chi connectivity index (χ2n) is 7.03. The molecule has 4 rings (SSSR count). The number of H-pyrrole nitrogens is 1. The van der Waals surface area contributed by atoms with E-state index >= 15 is 0 Å². The van der Waals surface area contributed by atoms with Gasteiger partial charge in [0.15, 0.2) is 0 Å². The molecule has 2 aromatic heterocycles. The molecule has 0 saturated carbocycles. The highest BCUT2D eigenvalue weighted by molar-refractivity contribution is 5.69. The molecular weight excluding hydrogens is 411 g/mol. The zero-order valence-electron chi connectivity index (χ0n) is 16.6. The summed E-state index contributed by atoms with van der Waals surface area (Å²) in [5, 5.41) is 14.1. The van der Waals surface area contributed by atoms with Crippen LogP contribution in [0, 0.1) is 0 Å². The van der Waals surface area contributed by atoms with E-state index in [-0.39, 0.29) is 6.04 Å². The topological polar surface area (TPSA) is 88.9 Å². The molecule has 0 aliphatic heterocycles. The Morgan fingerprint density at radius 2 is 1.65 bits per heavy atom. The van der Waals surface area contributed by atoms with E-state index in [9.17, 15) is 13.2 Å². The van der Waals surface area contributed by atoms with Gasteiger partial charge in [-0.05, 0) is 62.4 Å². The third-order valence-corrected chi connectivity index (χ3v) is 4.25. The molecule has 0 amide bonds. The van der Waals surface area contributed by atoms with Crippen molar-refractivity contribution in [2.75, 3.05) is 5.32 Å². The number of ether oxygens (including phenoxy) is 1. The van der Waals surface area contributed by atoms with Crippen molar-refractivity contribution in [2.24, 2.45) is 0 Å². The average Bonchev–Trinajstić information content (AvgIpc) is 3.37. The molecule has 0 spiro atoms. The highest BCUT2D eigenvalue weighted by Gasteiger charge is 2.30. The lowest BCUT2D eigenvalue weighted by Crippen LogP contribution is -2.09. The predicted molar refractivity (Wildman–Crippen MR) is 108 cm³/mol. The standard InChI is InChI=1S/C21H18F3N5O2/c1-12(2)26-17-11-25-28-18(17)20-27-19(29-31-20)13-3-7-15(8-4-13)30-16-9-5-14(6-10-16)21(22,23)24/h3-12,26H,1-2H3,(H,25,28). The van der Waals surface area contributed by atoms with Crippen LogP contribution in [0.2, 0.25) is 0 Å². The minimum Gasteiger partial charge on any atom is -0.457 e. The normalized spacial score (nSPS) is 11.7. The second-order valence-corrected chi connectivity index (χ2v) is 7.03. The van der Waals surface area contributed by atoms with E-state index < -0.39 is 11.7 Å². The maximum absolute atomic E-state index is 12.7. The Morgan fingerprint density at radius 3 is 2.26 bits per heavy atom. The Balaban J connectivity index is 1.47.